The fraction of sp³-hybridized carbons (Fsp3) is 0.250. The molecule has 0 bridgehead atoms. The van der Waals surface area contributed by atoms with Crippen molar-refractivity contribution < 1.29 is 4.21 Å². The highest BCUT2D eigenvalue weighted by Crippen LogP contribution is 2.29. The Hall–Kier alpha value is -2.59. The molecule has 0 spiro atoms. The average molecular weight is 325 g/mol. The Labute approximate surface area is 135 Å². The predicted molar refractivity (Wildman–Crippen MR) is 88.3 cm³/mol. The molecule has 1 unspecified atom stereocenters. The normalized spacial score (nSPS) is 14.6. The molecule has 3 aromatic rings. The number of benzene rings is 1. The van der Waals surface area contributed by atoms with Crippen LogP contribution in [-0.4, -0.2) is 19.0 Å². The molecule has 0 aliphatic carbocycles. The van der Waals surface area contributed by atoms with E-state index in [0.717, 1.165) is 41.5 Å². The second kappa shape index (κ2) is 5.25. The Kier molecular flexibility index (Phi) is 3.20. The standard InChI is InChI=1S/C16H15N5OS/c1-10-4-5-13(16-15(10)11(8-17)9-18-16)20-23(22)14-7-12-3-2-6-21(12)19-14/h4-5,7,9,18,20H,2-3,6H2,1H3. The molecule has 116 valence electrons. The molecular formula is C16H15N5OS. The van der Waals surface area contributed by atoms with Crippen LogP contribution in [0.25, 0.3) is 10.9 Å². The SMILES string of the molecule is Cc1ccc(NS(=O)c2cc3n(n2)CCC3)c2[nH]cc(C#N)c12. The highest BCUT2D eigenvalue weighted by atomic mass is 32.2. The molecule has 23 heavy (non-hydrogen) atoms. The predicted octanol–water partition coefficient (Wildman–Crippen LogP) is 2.63. The molecule has 4 rings (SSSR count). The molecule has 0 radical (unpaired) electrons. The minimum absolute atomic E-state index is 0.542. The lowest BCUT2D eigenvalue weighted by Gasteiger charge is -2.07. The van der Waals surface area contributed by atoms with Crippen molar-refractivity contribution in [2.45, 2.75) is 31.3 Å². The lowest BCUT2D eigenvalue weighted by Crippen LogP contribution is -2.07. The summed E-state index contributed by atoms with van der Waals surface area (Å²) in [6, 6.07) is 7.87. The van der Waals surface area contributed by atoms with E-state index in [9.17, 15) is 9.47 Å². The van der Waals surface area contributed by atoms with Gasteiger partial charge in [-0.15, -0.1) is 0 Å². The molecular weight excluding hydrogens is 310 g/mol. The molecule has 2 N–H and O–H groups in total. The summed E-state index contributed by atoms with van der Waals surface area (Å²) in [5.74, 6) is 0. The summed E-state index contributed by atoms with van der Waals surface area (Å²) in [7, 11) is -1.43. The highest BCUT2D eigenvalue weighted by Gasteiger charge is 2.18. The number of nitrogens with zero attached hydrogens (tertiary/aromatic N) is 3. The Balaban J connectivity index is 1.70. The van der Waals surface area contributed by atoms with Gasteiger partial charge in [0.15, 0.2) is 16.0 Å². The third-order valence-electron chi connectivity index (χ3n) is 4.20. The Morgan fingerprint density at radius 3 is 3.13 bits per heavy atom. The van der Waals surface area contributed by atoms with Crippen LogP contribution in [0.1, 0.15) is 23.2 Å². The number of hydrogen-bond donors (Lipinski definition) is 2. The zero-order valence-electron chi connectivity index (χ0n) is 12.6. The lowest BCUT2D eigenvalue weighted by molar-refractivity contribution is 0.630. The summed E-state index contributed by atoms with van der Waals surface area (Å²) in [6.45, 7) is 2.85. The molecule has 7 heteroatoms. The molecule has 3 heterocycles. The summed E-state index contributed by atoms with van der Waals surface area (Å²) in [5.41, 5.74) is 4.24. The molecule has 1 aromatic carbocycles. The molecule has 0 saturated carbocycles. The third-order valence-corrected chi connectivity index (χ3v) is 5.19. The van der Waals surface area contributed by atoms with Gasteiger partial charge >= 0.3 is 0 Å². The average Bonchev–Trinajstić information content (AvgIpc) is 3.22. The van der Waals surface area contributed by atoms with Crippen molar-refractivity contribution in [1.82, 2.24) is 14.8 Å². The Morgan fingerprint density at radius 2 is 2.35 bits per heavy atom. The summed E-state index contributed by atoms with van der Waals surface area (Å²) in [5, 5.41) is 15.0. The van der Waals surface area contributed by atoms with E-state index in [2.05, 4.69) is 20.9 Å². The number of anilines is 1. The first-order chi connectivity index (χ1) is 11.2. The van der Waals surface area contributed by atoms with Gasteiger partial charge in [0.25, 0.3) is 0 Å². The van der Waals surface area contributed by atoms with Gasteiger partial charge in [-0.3, -0.25) is 9.40 Å². The molecule has 1 aliphatic heterocycles. The highest BCUT2D eigenvalue weighted by molar-refractivity contribution is 7.86. The van der Waals surface area contributed by atoms with Gasteiger partial charge in [0, 0.05) is 23.8 Å². The maximum absolute atomic E-state index is 12.6. The minimum atomic E-state index is -1.43. The van der Waals surface area contributed by atoms with E-state index in [1.165, 1.54) is 0 Å². The molecule has 2 aromatic heterocycles. The monoisotopic (exact) mass is 325 g/mol. The number of hydrogen-bond acceptors (Lipinski definition) is 3. The number of aromatic nitrogens is 3. The first-order valence-electron chi connectivity index (χ1n) is 7.43. The number of aryl methyl sites for hydroxylation is 3. The van der Waals surface area contributed by atoms with Crippen LogP contribution in [0.2, 0.25) is 0 Å². The largest absolute Gasteiger partial charge is 0.358 e. The number of nitrogens with one attached hydrogen (secondary N) is 2. The molecule has 1 atom stereocenters. The van der Waals surface area contributed by atoms with Gasteiger partial charge in [0.1, 0.15) is 6.07 Å². The number of fused-ring (bicyclic) bond motifs is 2. The Morgan fingerprint density at radius 1 is 1.48 bits per heavy atom. The van der Waals surface area contributed by atoms with Crippen LogP contribution in [0.5, 0.6) is 0 Å². The molecule has 0 saturated heterocycles. The van der Waals surface area contributed by atoms with Gasteiger partial charge in [-0.25, -0.2) is 4.21 Å². The van der Waals surface area contributed by atoms with Gasteiger partial charge in [-0.1, -0.05) is 6.07 Å². The molecule has 6 nitrogen and oxygen atoms in total. The van der Waals surface area contributed by atoms with Crippen molar-refractivity contribution in [2.75, 3.05) is 4.72 Å². The quantitative estimate of drug-likeness (QED) is 0.776. The van der Waals surface area contributed by atoms with E-state index in [1.807, 2.05) is 29.8 Å². The number of nitriles is 1. The van der Waals surface area contributed by atoms with Crippen molar-refractivity contribution in [3.63, 3.8) is 0 Å². The van der Waals surface area contributed by atoms with E-state index in [-0.39, 0.29) is 0 Å². The van der Waals surface area contributed by atoms with Gasteiger partial charge in [-0.05, 0) is 37.5 Å². The number of H-pyrrole nitrogens is 1. The fourth-order valence-corrected chi connectivity index (χ4v) is 3.96. The van der Waals surface area contributed by atoms with Gasteiger partial charge in [0.05, 0.1) is 16.8 Å². The van der Waals surface area contributed by atoms with Crippen molar-refractivity contribution in [2.24, 2.45) is 0 Å². The summed E-state index contributed by atoms with van der Waals surface area (Å²) < 4.78 is 17.5. The van der Waals surface area contributed by atoms with Crippen molar-refractivity contribution in [3.8, 4) is 6.07 Å². The van der Waals surface area contributed by atoms with Crippen molar-refractivity contribution >= 4 is 27.6 Å². The van der Waals surface area contributed by atoms with Gasteiger partial charge in [-0.2, -0.15) is 10.4 Å². The fourth-order valence-electron chi connectivity index (χ4n) is 3.07. The first kappa shape index (κ1) is 14.0. The molecule has 1 aliphatic rings. The third kappa shape index (κ3) is 2.23. The minimum Gasteiger partial charge on any atom is -0.358 e. The molecule has 0 amide bonds. The number of aromatic amines is 1. The second-order valence-corrected chi connectivity index (χ2v) is 6.83. The van der Waals surface area contributed by atoms with Gasteiger partial charge < -0.3 is 4.98 Å². The van der Waals surface area contributed by atoms with Crippen LogP contribution in [0.15, 0.2) is 29.4 Å². The maximum atomic E-state index is 12.6. The molecule has 0 fully saturated rings. The summed E-state index contributed by atoms with van der Waals surface area (Å²) in [4.78, 5) is 3.10. The van der Waals surface area contributed by atoms with E-state index >= 15 is 0 Å². The van der Waals surface area contributed by atoms with Crippen molar-refractivity contribution in [1.29, 1.82) is 5.26 Å². The van der Waals surface area contributed by atoms with E-state index in [4.69, 9.17) is 0 Å². The van der Waals surface area contributed by atoms with Crippen LogP contribution >= 0.6 is 0 Å². The van der Waals surface area contributed by atoms with Crippen LogP contribution in [0, 0.1) is 18.3 Å². The Bertz CT molecular complexity index is 957. The van der Waals surface area contributed by atoms with Crippen LogP contribution in [0.4, 0.5) is 5.69 Å². The van der Waals surface area contributed by atoms with Gasteiger partial charge in [0.2, 0.25) is 0 Å². The smallest absolute Gasteiger partial charge is 0.171 e. The van der Waals surface area contributed by atoms with E-state index < -0.39 is 11.0 Å². The van der Waals surface area contributed by atoms with E-state index in [0.29, 0.717) is 16.3 Å². The first-order valence-corrected chi connectivity index (χ1v) is 8.58. The van der Waals surface area contributed by atoms with Crippen LogP contribution in [0.3, 0.4) is 0 Å². The second-order valence-electron chi connectivity index (χ2n) is 5.67. The van der Waals surface area contributed by atoms with Crippen LogP contribution in [-0.2, 0) is 24.0 Å². The zero-order chi connectivity index (χ0) is 16.0. The van der Waals surface area contributed by atoms with E-state index in [1.54, 1.807) is 6.20 Å². The maximum Gasteiger partial charge on any atom is 0.171 e. The van der Waals surface area contributed by atoms with Crippen molar-refractivity contribution in [3.05, 3.63) is 41.2 Å². The zero-order valence-corrected chi connectivity index (χ0v) is 13.4. The number of rotatable bonds is 3. The summed E-state index contributed by atoms with van der Waals surface area (Å²) in [6.07, 6.45) is 3.76. The topological polar surface area (TPSA) is 86.5 Å². The summed E-state index contributed by atoms with van der Waals surface area (Å²) >= 11 is 0. The van der Waals surface area contributed by atoms with Crippen LogP contribution < -0.4 is 4.72 Å². The lowest BCUT2D eigenvalue weighted by atomic mass is 10.1.